The molecule has 1 aromatic carbocycles. The van der Waals surface area contributed by atoms with Crippen LogP contribution in [0.3, 0.4) is 0 Å². The van der Waals surface area contributed by atoms with E-state index in [9.17, 15) is 4.39 Å². The molecule has 0 bridgehead atoms. The van der Waals surface area contributed by atoms with Crippen molar-refractivity contribution in [3.8, 4) is 0 Å². The second-order valence-electron chi connectivity index (χ2n) is 3.33. The Kier molecular flexibility index (Phi) is 3.51. The number of rotatable bonds is 3. The van der Waals surface area contributed by atoms with Crippen molar-refractivity contribution in [3.05, 3.63) is 58.6 Å². The molecule has 1 heterocycles. The molecule has 0 spiro atoms. The van der Waals surface area contributed by atoms with E-state index in [1.165, 1.54) is 12.1 Å². The van der Waals surface area contributed by atoms with Crippen LogP contribution in [0.1, 0.15) is 5.69 Å². The quantitative estimate of drug-likeness (QED) is 0.929. The largest absolute Gasteiger partial charge is 0.379 e. The van der Waals surface area contributed by atoms with Crippen LogP contribution in [0.25, 0.3) is 0 Å². The highest BCUT2D eigenvalue weighted by Gasteiger charge is 1.96. The van der Waals surface area contributed by atoms with Crippen molar-refractivity contribution in [1.82, 2.24) is 4.98 Å². The van der Waals surface area contributed by atoms with E-state index in [-0.39, 0.29) is 5.82 Å². The van der Waals surface area contributed by atoms with Gasteiger partial charge in [-0.3, -0.25) is 4.98 Å². The highest BCUT2D eigenvalue weighted by atomic mass is 79.9. The predicted octanol–water partition coefficient (Wildman–Crippen LogP) is 3.60. The first-order chi connectivity index (χ1) is 7.74. The van der Waals surface area contributed by atoms with Crippen molar-refractivity contribution in [2.45, 2.75) is 6.54 Å². The molecule has 0 radical (unpaired) electrons. The Bertz CT molecular complexity index is 408. The monoisotopic (exact) mass is 280 g/mol. The van der Waals surface area contributed by atoms with Gasteiger partial charge in [0.25, 0.3) is 0 Å². The molecule has 0 aliphatic heterocycles. The zero-order valence-electron chi connectivity index (χ0n) is 8.45. The lowest BCUT2D eigenvalue weighted by atomic mass is 10.3. The van der Waals surface area contributed by atoms with Crippen LogP contribution in [0.5, 0.6) is 0 Å². The molecule has 16 heavy (non-hydrogen) atoms. The molecule has 2 nitrogen and oxygen atoms in total. The van der Waals surface area contributed by atoms with Gasteiger partial charge in [0.05, 0.1) is 12.2 Å². The number of pyridine rings is 1. The molecule has 4 heteroatoms. The number of hydrogen-bond acceptors (Lipinski definition) is 2. The van der Waals surface area contributed by atoms with Crippen molar-refractivity contribution in [1.29, 1.82) is 0 Å². The second-order valence-corrected chi connectivity index (χ2v) is 4.24. The highest BCUT2D eigenvalue weighted by molar-refractivity contribution is 9.10. The summed E-state index contributed by atoms with van der Waals surface area (Å²) in [4.78, 5) is 4.23. The summed E-state index contributed by atoms with van der Waals surface area (Å²) in [5, 5.41) is 3.16. The van der Waals surface area contributed by atoms with Crippen LogP contribution in [-0.2, 0) is 6.54 Å². The fourth-order valence-corrected chi connectivity index (χ4v) is 1.51. The van der Waals surface area contributed by atoms with Gasteiger partial charge in [-0.05, 0) is 52.3 Å². The van der Waals surface area contributed by atoms with Gasteiger partial charge >= 0.3 is 0 Å². The molecule has 0 aliphatic carbocycles. The fraction of sp³-hybridized carbons (Fsp3) is 0.0833. The van der Waals surface area contributed by atoms with E-state index < -0.39 is 0 Å². The zero-order chi connectivity index (χ0) is 11.4. The maximum Gasteiger partial charge on any atom is 0.123 e. The number of aromatic nitrogens is 1. The average Bonchev–Trinajstić information content (AvgIpc) is 2.30. The van der Waals surface area contributed by atoms with Gasteiger partial charge in [0, 0.05) is 16.4 Å². The van der Waals surface area contributed by atoms with Crippen molar-refractivity contribution < 1.29 is 4.39 Å². The molecule has 1 N–H and O–H groups in total. The molecule has 0 atom stereocenters. The van der Waals surface area contributed by atoms with Gasteiger partial charge in [-0.15, -0.1) is 0 Å². The lowest BCUT2D eigenvalue weighted by molar-refractivity contribution is 0.628. The standard InChI is InChI=1S/C12H10BrFN2/c13-9-1-4-12(15-7-9)8-16-11-5-2-10(14)3-6-11/h1-7,16H,8H2. The molecule has 2 rings (SSSR count). The molecule has 0 unspecified atom stereocenters. The van der Waals surface area contributed by atoms with Gasteiger partial charge in [-0.25, -0.2) is 4.39 Å². The number of benzene rings is 1. The van der Waals surface area contributed by atoms with Crippen LogP contribution in [0, 0.1) is 5.82 Å². The maximum atomic E-state index is 12.6. The summed E-state index contributed by atoms with van der Waals surface area (Å²) < 4.78 is 13.6. The molecule has 0 aliphatic rings. The first kappa shape index (κ1) is 11.1. The highest BCUT2D eigenvalue weighted by Crippen LogP contribution is 2.11. The van der Waals surface area contributed by atoms with Crippen LogP contribution in [0.4, 0.5) is 10.1 Å². The van der Waals surface area contributed by atoms with Crippen LogP contribution in [-0.4, -0.2) is 4.98 Å². The lowest BCUT2D eigenvalue weighted by Crippen LogP contribution is -2.01. The number of nitrogens with one attached hydrogen (secondary N) is 1. The molecule has 1 aromatic heterocycles. The fourth-order valence-electron chi connectivity index (χ4n) is 1.27. The summed E-state index contributed by atoms with van der Waals surface area (Å²) in [5.41, 5.74) is 1.82. The van der Waals surface area contributed by atoms with Crippen molar-refractivity contribution in [2.75, 3.05) is 5.32 Å². The van der Waals surface area contributed by atoms with Crippen LogP contribution in [0.15, 0.2) is 47.1 Å². The summed E-state index contributed by atoms with van der Waals surface area (Å²) in [7, 11) is 0. The summed E-state index contributed by atoms with van der Waals surface area (Å²) in [6.45, 7) is 0.624. The second kappa shape index (κ2) is 5.07. The third-order valence-corrected chi connectivity index (χ3v) is 2.58. The van der Waals surface area contributed by atoms with Crippen molar-refractivity contribution >= 4 is 21.6 Å². The minimum absolute atomic E-state index is 0.229. The topological polar surface area (TPSA) is 24.9 Å². The van der Waals surface area contributed by atoms with E-state index in [2.05, 4.69) is 26.2 Å². The summed E-state index contributed by atoms with van der Waals surface area (Å²) >= 11 is 3.32. The molecule has 0 saturated carbocycles. The predicted molar refractivity (Wildman–Crippen MR) is 65.7 cm³/mol. The number of halogens is 2. The third-order valence-electron chi connectivity index (χ3n) is 2.11. The van der Waals surface area contributed by atoms with E-state index >= 15 is 0 Å². The van der Waals surface area contributed by atoms with Gasteiger partial charge in [0.1, 0.15) is 5.82 Å². The average molecular weight is 281 g/mol. The number of anilines is 1. The molecule has 2 aromatic rings. The number of nitrogens with zero attached hydrogens (tertiary/aromatic N) is 1. The van der Waals surface area contributed by atoms with E-state index in [0.29, 0.717) is 6.54 Å². The van der Waals surface area contributed by atoms with Crippen molar-refractivity contribution in [2.24, 2.45) is 0 Å². The molecular formula is C12H10BrFN2. The first-order valence-corrected chi connectivity index (χ1v) is 5.63. The maximum absolute atomic E-state index is 12.6. The minimum Gasteiger partial charge on any atom is -0.379 e. The zero-order valence-corrected chi connectivity index (χ0v) is 10.0. The van der Waals surface area contributed by atoms with Crippen molar-refractivity contribution in [3.63, 3.8) is 0 Å². The van der Waals surface area contributed by atoms with E-state index in [4.69, 9.17) is 0 Å². The number of hydrogen-bond donors (Lipinski definition) is 1. The SMILES string of the molecule is Fc1ccc(NCc2ccc(Br)cn2)cc1. The first-order valence-electron chi connectivity index (χ1n) is 4.84. The van der Waals surface area contributed by atoms with Gasteiger partial charge in [-0.1, -0.05) is 0 Å². The normalized spacial score (nSPS) is 10.1. The lowest BCUT2D eigenvalue weighted by Gasteiger charge is -2.05. The molecule has 0 saturated heterocycles. The van der Waals surface area contributed by atoms with Gasteiger partial charge in [0.15, 0.2) is 0 Å². The molecule has 0 amide bonds. The van der Waals surface area contributed by atoms with Crippen LogP contribution in [0.2, 0.25) is 0 Å². The molecule has 82 valence electrons. The molecule has 0 fully saturated rings. The summed E-state index contributed by atoms with van der Waals surface area (Å²) in [6.07, 6.45) is 1.75. The smallest absolute Gasteiger partial charge is 0.123 e. The Morgan fingerprint density at radius 2 is 1.88 bits per heavy atom. The van der Waals surface area contributed by atoms with Gasteiger partial charge in [-0.2, -0.15) is 0 Å². The Balaban J connectivity index is 1.97. The van der Waals surface area contributed by atoms with E-state index in [0.717, 1.165) is 15.9 Å². The van der Waals surface area contributed by atoms with Gasteiger partial charge in [0.2, 0.25) is 0 Å². The Labute approximate surface area is 102 Å². The van der Waals surface area contributed by atoms with Crippen LogP contribution < -0.4 is 5.32 Å². The third kappa shape index (κ3) is 3.03. The minimum atomic E-state index is -0.229. The Morgan fingerprint density at radius 1 is 1.12 bits per heavy atom. The van der Waals surface area contributed by atoms with E-state index in [1.54, 1.807) is 18.3 Å². The summed E-state index contributed by atoms with van der Waals surface area (Å²) in [5.74, 6) is -0.229. The Morgan fingerprint density at radius 3 is 2.50 bits per heavy atom. The van der Waals surface area contributed by atoms with Gasteiger partial charge < -0.3 is 5.32 Å². The Hall–Kier alpha value is -1.42. The molecular weight excluding hydrogens is 271 g/mol. The van der Waals surface area contributed by atoms with E-state index in [1.807, 2.05) is 12.1 Å². The summed E-state index contributed by atoms with van der Waals surface area (Å²) in [6, 6.07) is 10.1. The van der Waals surface area contributed by atoms with Crippen LogP contribution >= 0.6 is 15.9 Å².